The van der Waals surface area contributed by atoms with Crippen molar-refractivity contribution < 1.29 is 8.42 Å². The molecule has 1 N–H and O–H groups in total. The molecule has 0 saturated carbocycles. The van der Waals surface area contributed by atoms with Gasteiger partial charge in [-0.3, -0.25) is 0 Å². The molecule has 0 radical (unpaired) electrons. The van der Waals surface area contributed by atoms with Crippen LogP contribution in [0.1, 0.15) is 5.01 Å². The average molecular weight is 247 g/mol. The summed E-state index contributed by atoms with van der Waals surface area (Å²) in [7, 11) is -3.12. The lowest BCUT2D eigenvalue weighted by atomic mass is 10.5. The van der Waals surface area contributed by atoms with Gasteiger partial charge in [0.05, 0.1) is 6.26 Å². The summed E-state index contributed by atoms with van der Waals surface area (Å²) in [5.41, 5.74) is 0. The smallest absolute Gasteiger partial charge is 0.215 e. The quantitative estimate of drug-likeness (QED) is 0.770. The predicted molar refractivity (Wildman–Crippen MR) is 55.2 cm³/mol. The van der Waals surface area contributed by atoms with Crippen LogP contribution in [0.2, 0.25) is 0 Å². The Morgan fingerprint density at radius 1 is 1.60 bits per heavy atom. The third-order valence-electron chi connectivity index (χ3n) is 1.63. The van der Waals surface area contributed by atoms with Crippen molar-refractivity contribution in [3.8, 4) is 0 Å². The molecule has 0 aliphatic carbocycles. The highest BCUT2D eigenvalue weighted by molar-refractivity contribution is 7.88. The summed E-state index contributed by atoms with van der Waals surface area (Å²) in [4.78, 5) is 0.712. The summed E-state index contributed by atoms with van der Waals surface area (Å²) in [6.45, 7) is 0.350. The Balaban J connectivity index is 1.98. The molecule has 0 saturated heterocycles. The van der Waals surface area contributed by atoms with E-state index >= 15 is 0 Å². The van der Waals surface area contributed by atoms with Crippen LogP contribution in [0.3, 0.4) is 0 Å². The highest BCUT2D eigenvalue weighted by atomic mass is 32.2. The van der Waals surface area contributed by atoms with Gasteiger partial charge in [0.2, 0.25) is 15.0 Å². The molecule has 82 valence electrons. The van der Waals surface area contributed by atoms with E-state index in [0.29, 0.717) is 17.9 Å². The topological polar surface area (TPSA) is 89.2 Å². The summed E-state index contributed by atoms with van der Waals surface area (Å²) in [5, 5.41) is 12.5. The lowest BCUT2D eigenvalue weighted by molar-refractivity contribution is 0.587. The zero-order valence-corrected chi connectivity index (χ0v) is 9.55. The van der Waals surface area contributed by atoms with E-state index in [2.05, 4.69) is 20.0 Å². The van der Waals surface area contributed by atoms with Gasteiger partial charge in [-0.1, -0.05) is 11.3 Å². The first-order valence-corrected chi connectivity index (χ1v) is 6.86. The maximum Gasteiger partial charge on any atom is 0.234 e. The molecule has 0 fully saturated rings. The van der Waals surface area contributed by atoms with Crippen LogP contribution in [0.15, 0.2) is 6.33 Å². The molecule has 9 heteroatoms. The summed E-state index contributed by atoms with van der Waals surface area (Å²) in [5.74, 6) is 0. The monoisotopic (exact) mass is 247 g/mol. The van der Waals surface area contributed by atoms with Gasteiger partial charge >= 0.3 is 0 Å². The van der Waals surface area contributed by atoms with Gasteiger partial charge in [0.15, 0.2) is 0 Å². The van der Waals surface area contributed by atoms with Crippen molar-refractivity contribution in [3.63, 3.8) is 0 Å². The molecule has 0 amide bonds. The molecule has 2 heterocycles. The number of sulfonamides is 1. The number of aromatic nitrogens is 4. The standard InChI is InChI=1S/C6H9N5O2S2/c1-15(12,13)8-3-2-5-10-11-4-7-9-6(11)14-5/h4,8H,2-3H2,1H3. The molecule has 7 nitrogen and oxygen atoms in total. The number of rotatable bonds is 4. The molecule has 2 rings (SSSR count). The van der Waals surface area contributed by atoms with Crippen molar-refractivity contribution in [1.82, 2.24) is 24.5 Å². The normalized spacial score (nSPS) is 12.3. The highest BCUT2D eigenvalue weighted by Gasteiger charge is 2.06. The maximum absolute atomic E-state index is 10.8. The van der Waals surface area contributed by atoms with Gasteiger partial charge in [0, 0.05) is 13.0 Å². The summed E-state index contributed by atoms with van der Waals surface area (Å²) in [6.07, 6.45) is 3.20. The first-order valence-electron chi connectivity index (χ1n) is 4.15. The minimum Gasteiger partial charge on any atom is -0.215 e. The van der Waals surface area contributed by atoms with E-state index in [-0.39, 0.29) is 0 Å². The molecular formula is C6H9N5O2S2. The Hall–Kier alpha value is -1.06. The van der Waals surface area contributed by atoms with Crippen LogP contribution in [0, 0.1) is 0 Å². The summed E-state index contributed by atoms with van der Waals surface area (Å²) >= 11 is 1.40. The minimum absolute atomic E-state index is 0.350. The Morgan fingerprint density at radius 3 is 3.07 bits per heavy atom. The van der Waals surface area contributed by atoms with E-state index in [1.165, 1.54) is 17.7 Å². The molecule has 0 atom stereocenters. The van der Waals surface area contributed by atoms with Crippen molar-refractivity contribution in [2.45, 2.75) is 6.42 Å². The molecule has 0 aromatic carbocycles. The third-order valence-corrected chi connectivity index (χ3v) is 3.33. The number of fused-ring (bicyclic) bond motifs is 1. The molecule has 0 aliphatic heterocycles. The van der Waals surface area contributed by atoms with Crippen LogP contribution in [0.25, 0.3) is 4.96 Å². The van der Waals surface area contributed by atoms with E-state index in [0.717, 1.165) is 11.3 Å². The molecule has 2 aromatic heterocycles. The van der Waals surface area contributed by atoms with Crippen molar-refractivity contribution in [3.05, 3.63) is 11.3 Å². The van der Waals surface area contributed by atoms with E-state index in [1.54, 1.807) is 4.52 Å². The Bertz CT molecular complexity index is 528. The molecule has 0 aliphatic rings. The van der Waals surface area contributed by atoms with Gasteiger partial charge in [0.1, 0.15) is 11.3 Å². The fraction of sp³-hybridized carbons (Fsp3) is 0.500. The van der Waals surface area contributed by atoms with Crippen LogP contribution in [0.5, 0.6) is 0 Å². The number of hydrogen-bond acceptors (Lipinski definition) is 6. The zero-order chi connectivity index (χ0) is 10.9. The minimum atomic E-state index is -3.12. The van der Waals surface area contributed by atoms with Gasteiger partial charge in [-0.25, -0.2) is 13.1 Å². The Labute approximate surface area is 90.2 Å². The highest BCUT2D eigenvalue weighted by Crippen LogP contribution is 2.11. The zero-order valence-electron chi connectivity index (χ0n) is 7.91. The SMILES string of the molecule is CS(=O)(=O)NCCc1nn2cnnc2s1. The van der Waals surface area contributed by atoms with Crippen LogP contribution < -0.4 is 4.72 Å². The Kier molecular flexibility index (Phi) is 2.67. The van der Waals surface area contributed by atoms with Gasteiger partial charge in [-0.15, -0.1) is 10.2 Å². The first kappa shape index (κ1) is 10.5. The second kappa shape index (κ2) is 3.83. The van der Waals surface area contributed by atoms with E-state index < -0.39 is 10.0 Å². The van der Waals surface area contributed by atoms with E-state index in [9.17, 15) is 8.42 Å². The fourth-order valence-electron chi connectivity index (χ4n) is 1.05. The maximum atomic E-state index is 10.8. The van der Waals surface area contributed by atoms with E-state index in [4.69, 9.17) is 0 Å². The van der Waals surface area contributed by atoms with Crippen molar-refractivity contribution >= 4 is 26.3 Å². The van der Waals surface area contributed by atoms with Crippen molar-refractivity contribution in [1.29, 1.82) is 0 Å². The Morgan fingerprint density at radius 2 is 2.40 bits per heavy atom. The van der Waals surface area contributed by atoms with Crippen LogP contribution >= 0.6 is 11.3 Å². The van der Waals surface area contributed by atoms with Crippen LogP contribution in [-0.4, -0.2) is 41.0 Å². The largest absolute Gasteiger partial charge is 0.234 e. The molecular weight excluding hydrogens is 238 g/mol. The summed E-state index contributed by atoms with van der Waals surface area (Å²) < 4.78 is 25.5. The van der Waals surface area contributed by atoms with Gasteiger partial charge in [-0.05, 0) is 0 Å². The molecule has 0 bridgehead atoms. The van der Waals surface area contributed by atoms with Gasteiger partial charge in [-0.2, -0.15) is 9.61 Å². The first-order chi connectivity index (χ1) is 7.04. The molecule has 2 aromatic rings. The number of nitrogens with one attached hydrogen (secondary N) is 1. The van der Waals surface area contributed by atoms with Crippen LogP contribution in [-0.2, 0) is 16.4 Å². The fourth-order valence-corrected chi connectivity index (χ4v) is 2.33. The molecule has 15 heavy (non-hydrogen) atoms. The second-order valence-corrected chi connectivity index (χ2v) is 5.84. The predicted octanol–water partition coefficient (Wildman–Crippen LogP) is -0.723. The molecule has 0 spiro atoms. The van der Waals surface area contributed by atoms with E-state index in [1.807, 2.05) is 0 Å². The lowest BCUT2D eigenvalue weighted by Gasteiger charge is -1.97. The lowest BCUT2D eigenvalue weighted by Crippen LogP contribution is -2.24. The van der Waals surface area contributed by atoms with Crippen LogP contribution in [0.4, 0.5) is 0 Å². The third kappa shape index (κ3) is 2.70. The molecule has 0 unspecified atom stereocenters. The number of hydrogen-bond donors (Lipinski definition) is 1. The van der Waals surface area contributed by atoms with Crippen molar-refractivity contribution in [2.24, 2.45) is 0 Å². The average Bonchev–Trinajstić information content (AvgIpc) is 2.60. The second-order valence-electron chi connectivity index (χ2n) is 2.97. The summed E-state index contributed by atoms with van der Waals surface area (Å²) in [6, 6.07) is 0. The van der Waals surface area contributed by atoms with Gasteiger partial charge < -0.3 is 0 Å². The number of nitrogens with zero attached hydrogens (tertiary/aromatic N) is 4. The van der Waals surface area contributed by atoms with Gasteiger partial charge in [0.25, 0.3) is 0 Å². The van der Waals surface area contributed by atoms with Crippen molar-refractivity contribution in [2.75, 3.05) is 12.8 Å².